The van der Waals surface area contributed by atoms with Crippen molar-refractivity contribution in [1.29, 1.82) is 0 Å². The fourth-order valence-corrected chi connectivity index (χ4v) is 3.38. The first-order chi connectivity index (χ1) is 9.70. The molecule has 0 aliphatic rings. The van der Waals surface area contributed by atoms with Gasteiger partial charge in [0.2, 0.25) is 0 Å². The molecule has 2 rings (SSSR count). The summed E-state index contributed by atoms with van der Waals surface area (Å²) in [6, 6.07) is 5.43. The fraction of sp³-hybridized carbons (Fsp3) is 0.357. The lowest BCUT2D eigenvalue weighted by atomic mass is 10.2. The quantitative estimate of drug-likeness (QED) is 0.891. The average Bonchev–Trinajstić information content (AvgIpc) is 2.77. The number of aryl methyl sites for hydroxylation is 2. The van der Waals surface area contributed by atoms with Crippen LogP contribution in [0.5, 0.6) is 0 Å². The summed E-state index contributed by atoms with van der Waals surface area (Å²) >= 11 is 3.39. The van der Waals surface area contributed by atoms with Crippen LogP contribution in [-0.4, -0.2) is 18.2 Å². The van der Waals surface area contributed by atoms with Crippen LogP contribution >= 0.6 is 15.9 Å². The van der Waals surface area contributed by atoms with Crippen LogP contribution in [-0.2, 0) is 10.0 Å². The smallest absolute Gasteiger partial charge is 0.265 e. The summed E-state index contributed by atoms with van der Waals surface area (Å²) in [4.78, 5) is 0.205. The Morgan fingerprint density at radius 2 is 1.95 bits per heavy atom. The van der Waals surface area contributed by atoms with Crippen LogP contribution in [0.1, 0.15) is 31.1 Å². The van der Waals surface area contributed by atoms with Crippen LogP contribution in [0, 0.1) is 13.8 Å². The van der Waals surface area contributed by atoms with Gasteiger partial charge in [-0.3, -0.25) is 9.40 Å². The Morgan fingerprint density at radius 1 is 1.29 bits per heavy atom. The third-order valence-corrected chi connectivity index (χ3v) is 5.47. The van der Waals surface area contributed by atoms with Crippen molar-refractivity contribution in [1.82, 2.24) is 9.78 Å². The molecule has 0 fully saturated rings. The molecule has 0 aliphatic carbocycles. The Bertz CT molecular complexity index is 767. The maximum Gasteiger partial charge on any atom is 0.265 e. The van der Waals surface area contributed by atoms with Gasteiger partial charge in [-0.15, -0.1) is 0 Å². The number of nitrogens with one attached hydrogen (secondary N) is 1. The van der Waals surface area contributed by atoms with Gasteiger partial charge in [-0.05, 0) is 51.5 Å². The molecule has 7 heteroatoms. The summed E-state index contributed by atoms with van der Waals surface area (Å²) in [6.45, 7) is 7.51. The first-order valence-electron chi connectivity index (χ1n) is 6.55. The van der Waals surface area contributed by atoms with Crippen LogP contribution in [0.4, 0.5) is 5.69 Å². The van der Waals surface area contributed by atoms with Crippen molar-refractivity contribution in [3.8, 4) is 0 Å². The van der Waals surface area contributed by atoms with Gasteiger partial charge in [-0.1, -0.05) is 15.9 Å². The second-order valence-electron chi connectivity index (χ2n) is 5.22. The highest BCUT2D eigenvalue weighted by molar-refractivity contribution is 9.10. The van der Waals surface area contributed by atoms with E-state index in [0.29, 0.717) is 11.4 Å². The lowest BCUT2D eigenvalue weighted by molar-refractivity contribution is 0.528. The lowest BCUT2D eigenvalue weighted by Crippen LogP contribution is -2.13. The molecule has 5 nitrogen and oxygen atoms in total. The van der Waals surface area contributed by atoms with Gasteiger partial charge in [-0.25, -0.2) is 8.42 Å². The molecule has 2 aromatic rings. The van der Waals surface area contributed by atoms with Crippen molar-refractivity contribution in [3.05, 3.63) is 40.1 Å². The van der Waals surface area contributed by atoms with Crippen molar-refractivity contribution >= 4 is 31.6 Å². The van der Waals surface area contributed by atoms with E-state index in [1.54, 1.807) is 29.9 Å². The number of aromatic nitrogens is 2. The summed E-state index contributed by atoms with van der Waals surface area (Å²) in [5.41, 5.74) is 1.99. The van der Waals surface area contributed by atoms with E-state index in [1.165, 1.54) is 0 Å². The van der Waals surface area contributed by atoms with E-state index in [9.17, 15) is 8.42 Å². The minimum absolute atomic E-state index is 0.113. The van der Waals surface area contributed by atoms with Crippen molar-refractivity contribution in [2.45, 2.75) is 38.6 Å². The van der Waals surface area contributed by atoms with Crippen LogP contribution in [0.3, 0.4) is 0 Å². The Balaban J connectivity index is 2.36. The standard InChI is InChI=1S/C14H18BrN3O2S/c1-9(2)18-8-14(11(4)16-18)21(19,20)17-12-5-6-13(15)10(3)7-12/h5-9,17H,1-4H3. The number of nitrogens with zero attached hydrogens (tertiary/aromatic N) is 2. The van der Waals surface area contributed by atoms with Crippen LogP contribution < -0.4 is 4.72 Å². The van der Waals surface area contributed by atoms with Crippen molar-refractivity contribution < 1.29 is 8.42 Å². The zero-order valence-electron chi connectivity index (χ0n) is 12.4. The highest BCUT2D eigenvalue weighted by atomic mass is 79.9. The molecule has 0 saturated heterocycles. The van der Waals surface area contributed by atoms with Crippen LogP contribution in [0.25, 0.3) is 0 Å². The first kappa shape index (κ1) is 16.0. The molecule has 0 radical (unpaired) electrons. The molecule has 114 valence electrons. The molecule has 0 spiro atoms. The van der Waals surface area contributed by atoms with E-state index >= 15 is 0 Å². The Kier molecular flexibility index (Phi) is 4.43. The Labute approximate surface area is 133 Å². The Morgan fingerprint density at radius 3 is 2.48 bits per heavy atom. The zero-order valence-corrected chi connectivity index (χ0v) is 14.8. The zero-order chi connectivity index (χ0) is 15.8. The number of rotatable bonds is 4. The molecular weight excluding hydrogens is 354 g/mol. The predicted molar refractivity (Wildman–Crippen MR) is 87.0 cm³/mol. The third kappa shape index (κ3) is 3.47. The normalized spacial score (nSPS) is 11.9. The molecule has 1 N–H and O–H groups in total. The fourth-order valence-electron chi connectivity index (χ4n) is 1.91. The van der Waals surface area contributed by atoms with Gasteiger partial charge in [-0.2, -0.15) is 5.10 Å². The number of hydrogen-bond donors (Lipinski definition) is 1. The van der Waals surface area contributed by atoms with Gasteiger partial charge in [0.05, 0.1) is 5.69 Å². The third-order valence-electron chi connectivity index (χ3n) is 3.10. The molecule has 0 unspecified atom stereocenters. The molecule has 0 aliphatic heterocycles. The van der Waals surface area contributed by atoms with Crippen LogP contribution in [0.2, 0.25) is 0 Å². The van der Waals surface area contributed by atoms with Gasteiger partial charge in [0.15, 0.2) is 0 Å². The van der Waals surface area contributed by atoms with E-state index in [1.807, 2.05) is 26.8 Å². The van der Waals surface area contributed by atoms with E-state index in [2.05, 4.69) is 25.8 Å². The second-order valence-corrected chi connectivity index (χ2v) is 7.73. The summed E-state index contributed by atoms with van der Waals surface area (Å²) < 4.78 is 30.1. The van der Waals surface area contributed by atoms with E-state index in [-0.39, 0.29) is 10.9 Å². The number of sulfonamides is 1. The average molecular weight is 372 g/mol. The minimum atomic E-state index is -3.63. The molecule has 0 bridgehead atoms. The minimum Gasteiger partial charge on any atom is -0.280 e. The maximum atomic E-state index is 12.5. The molecule has 1 aromatic heterocycles. The van der Waals surface area contributed by atoms with Gasteiger partial charge in [0.25, 0.3) is 10.0 Å². The molecular formula is C14H18BrN3O2S. The number of halogens is 1. The van der Waals surface area contributed by atoms with Gasteiger partial charge >= 0.3 is 0 Å². The topological polar surface area (TPSA) is 64.0 Å². The lowest BCUT2D eigenvalue weighted by Gasteiger charge is -2.08. The van der Waals surface area contributed by atoms with Gasteiger partial charge in [0, 0.05) is 22.4 Å². The number of anilines is 1. The maximum absolute atomic E-state index is 12.5. The van der Waals surface area contributed by atoms with E-state index in [4.69, 9.17) is 0 Å². The summed E-state index contributed by atoms with van der Waals surface area (Å²) in [5, 5.41) is 4.24. The van der Waals surface area contributed by atoms with Crippen molar-refractivity contribution in [3.63, 3.8) is 0 Å². The molecule has 1 heterocycles. The SMILES string of the molecule is Cc1cc(NS(=O)(=O)c2cn(C(C)C)nc2C)ccc1Br. The van der Waals surface area contributed by atoms with Gasteiger partial charge in [0.1, 0.15) is 4.90 Å². The molecule has 0 amide bonds. The molecule has 1 aromatic carbocycles. The summed E-state index contributed by atoms with van der Waals surface area (Å²) in [6.07, 6.45) is 1.56. The predicted octanol–water partition coefficient (Wildman–Crippen LogP) is 3.64. The van der Waals surface area contributed by atoms with Crippen molar-refractivity contribution in [2.24, 2.45) is 0 Å². The summed E-state index contributed by atoms with van der Waals surface area (Å²) in [7, 11) is -3.63. The molecule has 21 heavy (non-hydrogen) atoms. The highest BCUT2D eigenvalue weighted by Crippen LogP contribution is 2.24. The Hall–Kier alpha value is -1.34. The molecule has 0 atom stereocenters. The van der Waals surface area contributed by atoms with E-state index < -0.39 is 10.0 Å². The molecule has 0 saturated carbocycles. The highest BCUT2D eigenvalue weighted by Gasteiger charge is 2.21. The second kappa shape index (κ2) is 5.81. The number of hydrogen-bond acceptors (Lipinski definition) is 3. The summed E-state index contributed by atoms with van der Waals surface area (Å²) in [5.74, 6) is 0. The first-order valence-corrected chi connectivity index (χ1v) is 8.83. The van der Waals surface area contributed by atoms with Crippen LogP contribution in [0.15, 0.2) is 33.8 Å². The van der Waals surface area contributed by atoms with Gasteiger partial charge < -0.3 is 0 Å². The van der Waals surface area contributed by atoms with Crippen molar-refractivity contribution in [2.75, 3.05) is 4.72 Å². The largest absolute Gasteiger partial charge is 0.280 e. The van der Waals surface area contributed by atoms with E-state index in [0.717, 1.165) is 10.0 Å². The monoisotopic (exact) mass is 371 g/mol. The number of benzene rings is 1.